The Labute approximate surface area is 145 Å². The van der Waals surface area contributed by atoms with Crippen LogP contribution >= 0.6 is 12.2 Å². The van der Waals surface area contributed by atoms with E-state index in [4.69, 9.17) is 16.6 Å². The third-order valence-corrected chi connectivity index (χ3v) is 3.26. The number of nitrogens with one attached hydrogen (secondary N) is 3. The fraction of sp³-hybridized carbons (Fsp3) is 0.250. The molecule has 0 radical (unpaired) electrons. The smallest absolute Gasteiger partial charge is 0.305 e. The van der Waals surface area contributed by atoms with Crippen molar-refractivity contribution in [3.63, 3.8) is 0 Å². The van der Waals surface area contributed by atoms with Crippen LogP contribution in [0.5, 0.6) is 0 Å². The molecule has 1 aromatic carbocycles. The number of amides is 1. The molecule has 2 aromatic rings. The number of furan rings is 1. The van der Waals surface area contributed by atoms with E-state index in [2.05, 4.69) is 16.2 Å². The molecule has 24 heavy (non-hydrogen) atoms. The van der Waals surface area contributed by atoms with Gasteiger partial charge in [0.25, 0.3) is 0 Å². The molecule has 0 saturated carbocycles. The molecule has 0 fully saturated rings. The molecule has 0 bridgehead atoms. The van der Waals surface area contributed by atoms with Gasteiger partial charge < -0.3 is 14.6 Å². The Kier molecular flexibility index (Phi) is 6.28. The van der Waals surface area contributed by atoms with E-state index < -0.39 is 5.91 Å². The summed E-state index contributed by atoms with van der Waals surface area (Å²) in [6.07, 6.45) is 0. The second-order valence-corrected chi connectivity index (χ2v) is 5.80. The van der Waals surface area contributed by atoms with Gasteiger partial charge in [-0.15, -0.1) is 0 Å². The van der Waals surface area contributed by atoms with Crippen molar-refractivity contribution in [2.45, 2.75) is 13.1 Å². The Hall–Kier alpha value is -2.45. The summed E-state index contributed by atoms with van der Waals surface area (Å²) >= 11 is 5.06. The zero-order valence-electron chi connectivity index (χ0n) is 13.4. The largest absolute Gasteiger partial charge is 0.454 e. The van der Waals surface area contributed by atoms with Gasteiger partial charge in [0, 0.05) is 6.54 Å². The molecular weight excluding hydrogens is 331 g/mol. The summed E-state index contributed by atoms with van der Waals surface area (Å²) in [4.78, 5) is 13.9. The van der Waals surface area contributed by atoms with Gasteiger partial charge in [0.15, 0.2) is 10.9 Å². The lowest BCUT2D eigenvalue weighted by Crippen LogP contribution is -2.46. The lowest BCUT2D eigenvalue weighted by Gasteiger charge is -2.11. The molecule has 0 spiro atoms. The minimum atomic E-state index is -0.425. The highest BCUT2D eigenvalue weighted by molar-refractivity contribution is 7.80. The van der Waals surface area contributed by atoms with Gasteiger partial charge in [-0.25, -0.2) is 4.39 Å². The minimum Gasteiger partial charge on any atom is -0.454 e. The quantitative estimate of drug-likeness (QED) is 0.564. The van der Waals surface area contributed by atoms with Gasteiger partial charge in [0.2, 0.25) is 0 Å². The van der Waals surface area contributed by atoms with E-state index in [1.807, 2.05) is 19.0 Å². The topological polar surface area (TPSA) is 69.5 Å². The molecule has 1 heterocycles. The first kappa shape index (κ1) is 17.9. The van der Waals surface area contributed by atoms with Crippen LogP contribution in [-0.2, 0) is 13.1 Å². The third-order valence-electron chi connectivity index (χ3n) is 3.01. The van der Waals surface area contributed by atoms with Crippen molar-refractivity contribution in [3.05, 3.63) is 59.3 Å². The molecule has 1 aromatic heterocycles. The van der Waals surface area contributed by atoms with Crippen molar-refractivity contribution in [1.82, 2.24) is 21.1 Å². The van der Waals surface area contributed by atoms with Gasteiger partial charge in [-0.05, 0) is 56.1 Å². The molecule has 3 N–H and O–H groups in total. The molecule has 8 heteroatoms. The Morgan fingerprint density at radius 3 is 2.54 bits per heavy atom. The Morgan fingerprint density at radius 2 is 1.88 bits per heavy atom. The maximum absolute atomic E-state index is 12.8. The summed E-state index contributed by atoms with van der Waals surface area (Å²) in [6, 6.07) is 9.40. The van der Waals surface area contributed by atoms with Crippen molar-refractivity contribution in [2.24, 2.45) is 0 Å². The second-order valence-electron chi connectivity index (χ2n) is 5.39. The molecule has 2 rings (SSSR count). The van der Waals surface area contributed by atoms with Crippen molar-refractivity contribution in [3.8, 4) is 0 Å². The number of carbonyl (C=O) groups is 1. The standard InChI is InChI=1S/C16H19FN4O2S/c1-21(2)10-13-7-8-14(23-13)15(22)19-20-16(24)18-9-11-3-5-12(17)6-4-11/h3-8H,9-10H2,1-2H3,(H,19,22)(H2,18,20,24). The summed E-state index contributed by atoms with van der Waals surface area (Å²) in [6.45, 7) is 1.02. The van der Waals surface area contributed by atoms with Gasteiger partial charge in [0.1, 0.15) is 11.6 Å². The summed E-state index contributed by atoms with van der Waals surface area (Å²) in [5, 5.41) is 3.15. The van der Waals surface area contributed by atoms with Crippen LogP contribution < -0.4 is 16.2 Å². The number of hydrogen-bond acceptors (Lipinski definition) is 4. The van der Waals surface area contributed by atoms with E-state index >= 15 is 0 Å². The average Bonchev–Trinajstić information content (AvgIpc) is 3.00. The van der Waals surface area contributed by atoms with Gasteiger partial charge in [-0.1, -0.05) is 12.1 Å². The average molecular weight is 350 g/mol. The van der Waals surface area contributed by atoms with Gasteiger partial charge >= 0.3 is 5.91 Å². The number of benzene rings is 1. The summed E-state index contributed by atoms with van der Waals surface area (Å²) in [5.41, 5.74) is 5.91. The van der Waals surface area contributed by atoms with E-state index in [-0.39, 0.29) is 16.7 Å². The second kappa shape index (κ2) is 8.42. The first-order valence-corrected chi connectivity index (χ1v) is 7.67. The van der Waals surface area contributed by atoms with E-state index in [1.165, 1.54) is 12.1 Å². The fourth-order valence-corrected chi connectivity index (χ4v) is 2.02. The molecule has 0 atom stereocenters. The molecular formula is C16H19FN4O2S. The normalized spacial score (nSPS) is 10.5. The molecule has 0 unspecified atom stereocenters. The maximum atomic E-state index is 12.8. The lowest BCUT2D eigenvalue weighted by atomic mass is 10.2. The van der Waals surface area contributed by atoms with Crippen LogP contribution in [0.4, 0.5) is 4.39 Å². The van der Waals surface area contributed by atoms with Crippen LogP contribution in [-0.4, -0.2) is 30.0 Å². The van der Waals surface area contributed by atoms with E-state index in [9.17, 15) is 9.18 Å². The Bertz CT molecular complexity index is 700. The van der Waals surface area contributed by atoms with Crippen LogP contribution in [0.25, 0.3) is 0 Å². The van der Waals surface area contributed by atoms with Crippen molar-refractivity contribution in [2.75, 3.05) is 14.1 Å². The lowest BCUT2D eigenvalue weighted by molar-refractivity contribution is 0.0912. The Balaban J connectivity index is 1.75. The number of halogens is 1. The SMILES string of the molecule is CN(C)Cc1ccc(C(=O)NNC(=S)NCc2ccc(F)cc2)o1. The number of carbonyl (C=O) groups excluding carboxylic acids is 1. The van der Waals surface area contributed by atoms with Gasteiger partial charge in [-0.3, -0.25) is 15.6 Å². The van der Waals surface area contributed by atoms with Crippen LogP contribution in [0.1, 0.15) is 21.9 Å². The molecule has 0 aliphatic heterocycles. The molecule has 128 valence electrons. The van der Waals surface area contributed by atoms with Crippen molar-refractivity contribution in [1.29, 1.82) is 0 Å². The van der Waals surface area contributed by atoms with Crippen LogP contribution in [0, 0.1) is 5.82 Å². The monoisotopic (exact) mass is 350 g/mol. The highest BCUT2D eigenvalue weighted by Crippen LogP contribution is 2.09. The van der Waals surface area contributed by atoms with E-state index in [1.54, 1.807) is 24.3 Å². The number of nitrogens with zero attached hydrogens (tertiary/aromatic N) is 1. The molecule has 0 aliphatic rings. The predicted molar refractivity (Wildman–Crippen MR) is 92.5 cm³/mol. The minimum absolute atomic E-state index is 0.195. The van der Waals surface area contributed by atoms with E-state index in [0.29, 0.717) is 18.8 Å². The third kappa shape index (κ3) is 5.64. The maximum Gasteiger partial charge on any atom is 0.305 e. The summed E-state index contributed by atoms with van der Waals surface area (Å²) < 4.78 is 18.2. The Morgan fingerprint density at radius 1 is 1.17 bits per heavy atom. The first-order valence-electron chi connectivity index (χ1n) is 7.26. The molecule has 1 amide bonds. The van der Waals surface area contributed by atoms with Crippen LogP contribution in [0.2, 0.25) is 0 Å². The predicted octanol–water partition coefficient (Wildman–Crippen LogP) is 1.79. The zero-order valence-corrected chi connectivity index (χ0v) is 14.2. The number of rotatable bonds is 5. The molecule has 6 nitrogen and oxygen atoms in total. The molecule has 0 saturated heterocycles. The number of thiocarbonyl (C=S) groups is 1. The fourth-order valence-electron chi connectivity index (χ4n) is 1.90. The van der Waals surface area contributed by atoms with Crippen LogP contribution in [0.3, 0.4) is 0 Å². The first-order chi connectivity index (χ1) is 11.4. The van der Waals surface area contributed by atoms with Crippen molar-refractivity contribution < 1.29 is 13.6 Å². The highest BCUT2D eigenvalue weighted by Gasteiger charge is 2.11. The summed E-state index contributed by atoms with van der Waals surface area (Å²) in [5.74, 6) is 0.174. The molecule has 0 aliphatic carbocycles. The highest BCUT2D eigenvalue weighted by atomic mass is 32.1. The zero-order chi connectivity index (χ0) is 17.5. The number of hydrogen-bond donors (Lipinski definition) is 3. The number of hydrazine groups is 1. The van der Waals surface area contributed by atoms with E-state index in [0.717, 1.165) is 5.56 Å². The van der Waals surface area contributed by atoms with Crippen molar-refractivity contribution >= 4 is 23.2 Å². The summed E-state index contributed by atoms with van der Waals surface area (Å²) in [7, 11) is 3.82. The van der Waals surface area contributed by atoms with Crippen LogP contribution in [0.15, 0.2) is 40.8 Å². The van der Waals surface area contributed by atoms with Gasteiger partial charge in [0.05, 0.1) is 6.54 Å². The van der Waals surface area contributed by atoms with Gasteiger partial charge in [-0.2, -0.15) is 0 Å².